The molecule has 0 saturated carbocycles. The summed E-state index contributed by atoms with van der Waals surface area (Å²) >= 11 is 0. The van der Waals surface area contributed by atoms with Crippen LogP contribution in [0.15, 0.2) is 60.4 Å². The van der Waals surface area contributed by atoms with Gasteiger partial charge in [0.2, 0.25) is 0 Å². The molecular formula is C20H20N4O2. The van der Waals surface area contributed by atoms with Crippen molar-refractivity contribution in [1.82, 2.24) is 14.8 Å². The third-order valence-corrected chi connectivity index (χ3v) is 4.89. The van der Waals surface area contributed by atoms with Gasteiger partial charge in [0.25, 0.3) is 11.8 Å². The van der Waals surface area contributed by atoms with E-state index >= 15 is 0 Å². The van der Waals surface area contributed by atoms with E-state index in [1.54, 1.807) is 13.2 Å². The van der Waals surface area contributed by atoms with Gasteiger partial charge in [0.05, 0.1) is 5.57 Å². The number of imide groups is 1. The van der Waals surface area contributed by atoms with E-state index in [-0.39, 0.29) is 11.8 Å². The lowest BCUT2D eigenvalue weighted by atomic mass is 10.0. The van der Waals surface area contributed by atoms with E-state index in [0.717, 1.165) is 24.5 Å². The van der Waals surface area contributed by atoms with E-state index in [4.69, 9.17) is 0 Å². The van der Waals surface area contributed by atoms with Crippen molar-refractivity contribution in [3.8, 4) is 0 Å². The number of aromatic nitrogens is 1. The molecule has 1 aromatic heterocycles. The fourth-order valence-corrected chi connectivity index (χ4v) is 3.49. The molecule has 1 saturated heterocycles. The van der Waals surface area contributed by atoms with Gasteiger partial charge < -0.3 is 9.80 Å². The largest absolute Gasteiger partial charge is 0.363 e. The van der Waals surface area contributed by atoms with Gasteiger partial charge >= 0.3 is 0 Å². The van der Waals surface area contributed by atoms with Crippen LogP contribution < -0.4 is 4.90 Å². The summed E-state index contributed by atoms with van der Waals surface area (Å²) in [6.45, 7) is 2.87. The first-order valence-corrected chi connectivity index (χ1v) is 8.70. The lowest BCUT2D eigenvalue weighted by molar-refractivity contribution is -0.135. The summed E-state index contributed by atoms with van der Waals surface area (Å²) in [6, 6.07) is 15.3. The maximum Gasteiger partial charge on any atom is 0.277 e. The summed E-state index contributed by atoms with van der Waals surface area (Å²) in [5, 5.41) is 0. The molecule has 3 heterocycles. The van der Waals surface area contributed by atoms with Crippen molar-refractivity contribution in [2.45, 2.75) is 0 Å². The molecule has 0 atom stereocenters. The Labute approximate surface area is 152 Å². The highest BCUT2D eigenvalue weighted by molar-refractivity contribution is 6.35. The standard InChI is InChI=1S/C20H20N4O2/c1-22-19(25)17(15-7-3-2-4-8-15)18(20(22)26)24-13-11-23(12-14-24)16-9-5-6-10-21-16/h2-10H,11-14H2,1H3. The van der Waals surface area contributed by atoms with Crippen LogP contribution in [0.4, 0.5) is 5.82 Å². The third kappa shape index (κ3) is 2.73. The van der Waals surface area contributed by atoms with E-state index in [0.29, 0.717) is 24.4 Å². The monoisotopic (exact) mass is 348 g/mol. The second-order valence-corrected chi connectivity index (χ2v) is 6.42. The summed E-state index contributed by atoms with van der Waals surface area (Å²) in [5.74, 6) is 0.485. The molecule has 0 N–H and O–H groups in total. The molecule has 2 amide bonds. The number of carbonyl (C=O) groups excluding carboxylic acids is 2. The molecule has 6 nitrogen and oxygen atoms in total. The lowest BCUT2D eigenvalue weighted by Gasteiger charge is -2.37. The van der Waals surface area contributed by atoms with E-state index in [9.17, 15) is 9.59 Å². The number of rotatable bonds is 3. The number of pyridine rings is 1. The zero-order valence-electron chi connectivity index (χ0n) is 14.6. The van der Waals surface area contributed by atoms with Crippen molar-refractivity contribution in [3.63, 3.8) is 0 Å². The molecule has 2 aliphatic heterocycles. The summed E-state index contributed by atoms with van der Waals surface area (Å²) in [4.78, 5) is 35.2. The molecule has 26 heavy (non-hydrogen) atoms. The Bertz CT molecular complexity index is 856. The smallest absolute Gasteiger partial charge is 0.277 e. The predicted octanol–water partition coefficient (Wildman–Crippen LogP) is 1.61. The zero-order chi connectivity index (χ0) is 18.1. The highest BCUT2D eigenvalue weighted by Gasteiger charge is 2.40. The maximum absolute atomic E-state index is 12.7. The molecule has 0 aliphatic carbocycles. The molecule has 0 unspecified atom stereocenters. The van der Waals surface area contributed by atoms with Crippen LogP contribution in [-0.4, -0.2) is 59.8 Å². The van der Waals surface area contributed by atoms with Crippen LogP contribution in [0, 0.1) is 0 Å². The topological polar surface area (TPSA) is 56.8 Å². The fourth-order valence-electron chi connectivity index (χ4n) is 3.49. The SMILES string of the molecule is CN1C(=O)C(c2ccccc2)=C(N2CCN(c3ccccn3)CC2)C1=O. The Morgan fingerprint density at radius 3 is 2.12 bits per heavy atom. The van der Waals surface area contributed by atoms with Gasteiger partial charge in [-0.25, -0.2) is 4.98 Å². The normalized spacial score (nSPS) is 18.1. The first-order chi connectivity index (χ1) is 12.7. The van der Waals surface area contributed by atoms with Crippen LogP contribution in [-0.2, 0) is 9.59 Å². The van der Waals surface area contributed by atoms with Crippen molar-refractivity contribution < 1.29 is 9.59 Å². The molecule has 0 spiro atoms. The average Bonchev–Trinajstić information content (AvgIpc) is 2.93. The number of benzene rings is 1. The van der Waals surface area contributed by atoms with Crippen molar-refractivity contribution in [2.75, 3.05) is 38.1 Å². The Kier molecular flexibility index (Phi) is 4.16. The van der Waals surface area contributed by atoms with Gasteiger partial charge in [-0.2, -0.15) is 0 Å². The number of amides is 2. The first kappa shape index (κ1) is 16.3. The molecule has 2 aromatic rings. The molecular weight excluding hydrogens is 328 g/mol. The lowest BCUT2D eigenvalue weighted by Crippen LogP contribution is -2.47. The highest BCUT2D eigenvalue weighted by atomic mass is 16.2. The number of hydrogen-bond acceptors (Lipinski definition) is 5. The van der Waals surface area contributed by atoms with Crippen molar-refractivity contribution in [1.29, 1.82) is 0 Å². The number of carbonyl (C=O) groups is 2. The van der Waals surface area contributed by atoms with Crippen LogP contribution in [0.5, 0.6) is 0 Å². The zero-order valence-corrected chi connectivity index (χ0v) is 14.6. The van der Waals surface area contributed by atoms with Gasteiger partial charge in [-0.1, -0.05) is 36.4 Å². The van der Waals surface area contributed by atoms with Crippen LogP contribution in [0.25, 0.3) is 5.57 Å². The number of piperazine rings is 1. The Morgan fingerprint density at radius 1 is 0.808 bits per heavy atom. The number of nitrogens with zero attached hydrogens (tertiary/aromatic N) is 4. The molecule has 1 aromatic carbocycles. The second kappa shape index (κ2) is 6.63. The quantitative estimate of drug-likeness (QED) is 0.789. The minimum Gasteiger partial charge on any atom is -0.363 e. The first-order valence-electron chi connectivity index (χ1n) is 8.70. The van der Waals surface area contributed by atoms with Gasteiger partial charge in [0.15, 0.2) is 0 Å². The van der Waals surface area contributed by atoms with Gasteiger partial charge in [-0.15, -0.1) is 0 Å². The van der Waals surface area contributed by atoms with Crippen molar-refractivity contribution >= 4 is 23.2 Å². The molecule has 1 fully saturated rings. The van der Waals surface area contributed by atoms with Gasteiger partial charge in [0.1, 0.15) is 11.5 Å². The Hall–Kier alpha value is -3.15. The highest BCUT2D eigenvalue weighted by Crippen LogP contribution is 2.31. The van der Waals surface area contributed by atoms with E-state index in [2.05, 4.69) is 9.88 Å². The number of hydrogen-bond donors (Lipinski definition) is 0. The van der Waals surface area contributed by atoms with Gasteiger partial charge in [-0.05, 0) is 17.7 Å². The predicted molar refractivity (Wildman–Crippen MR) is 99.2 cm³/mol. The van der Waals surface area contributed by atoms with Crippen molar-refractivity contribution in [3.05, 3.63) is 66.0 Å². The summed E-state index contributed by atoms with van der Waals surface area (Å²) in [5.41, 5.74) is 1.81. The van der Waals surface area contributed by atoms with E-state index < -0.39 is 0 Å². The van der Waals surface area contributed by atoms with Crippen LogP contribution in [0.1, 0.15) is 5.56 Å². The molecule has 0 bridgehead atoms. The second-order valence-electron chi connectivity index (χ2n) is 6.42. The average molecular weight is 348 g/mol. The Balaban J connectivity index is 1.62. The van der Waals surface area contributed by atoms with Crippen molar-refractivity contribution in [2.24, 2.45) is 0 Å². The van der Waals surface area contributed by atoms with Crippen LogP contribution in [0.2, 0.25) is 0 Å². The minimum atomic E-state index is -0.233. The molecule has 2 aliphatic rings. The molecule has 132 valence electrons. The number of likely N-dealkylation sites (N-methyl/N-ethyl adjacent to an activating group) is 1. The summed E-state index contributed by atoms with van der Waals surface area (Å²) in [6.07, 6.45) is 1.78. The summed E-state index contributed by atoms with van der Waals surface area (Å²) < 4.78 is 0. The maximum atomic E-state index is 12.7. The van der Waals surface area contributed by atoms with Gasteiger partial charge in [0, 0.05) is 39.4 Å². The summed E-state index contributed by atoms with van der Waals surface area (Å²) in [7, 11) is 1.55. The van der Waals surface area contributed by atoms with E-state index in [1.165, 1.54) is 4.90 Å². The van der Waals surface area contributed by atoms with Crippen LogP contribution in [0.3, 0.4) is 0 Å². The molecule has 4 rings (SSSR count). The molecule has 0 radical (unpaired) electrons. The number of anilines is 1. The molecule has 6 heteroatoms. The fraction of sp³-hybridized carbons (Fsp3) is 0.250. The van der Waals surface area contributed by atoms with E-state index in [1.807, 2.05) is 53.4 Å². The van der Waals surface area contributed by atoms with Gasteiger partial charge in [-0.3, -0.25) is 14.5 Å². The minimum absolute atomic E-state index is 0.222. The van der Waals surface area contributed by atoms with Crippen LogP contribution >= 0.6 is 0 Å². The Morgan fingerprint density at radius 2 is 1.46 bits per heavy atom. The third-order valence-electron chi connectivity index (χ3n) is 4.89.